The molecule has 2 fully saturated rings. The molecule has 6 nitrogen and oxygen atoms in total. The minimum absolute atomic E-state index is 0.00749. The molecule has 1 atom stereocenters. The summed E-state index contributed by atoms with van der Waals surface area (Å²) in [6.07, 6.45) is 8.60. The first kappa shape index (κ1) is 21.0. The van der Waals surface area contributed by atoms with Gasteiger partial charge in [0.05, 0.1) is 6.04 Å². The van der Waals surface area contributed by atoms with Crippen LogP contribution in [0.15, 0.2) is 24.3 Å². The molecule has 0 aromatic heterocycles. The number of hydrogen-bond donors (Lipinski definition) is 3. The Morgan fingerprint density at radius 2 is 1.68 bits per heavy atom. The Morgan fingerprint density at radius 1 is 1.07 bits per heavy atom. The molecule has 1 aromatic rings. The van der Waals surface area contributed by atoms with Gasteiger partial charge in [-0.3, -0.25) is 9.59 Å². The van der Waals surface area contributed by atoms with E-state index in [1.807, 2.05) is 42.5 Å². The number of carbonyl (C=O) groups is 2. The number of benzene rings is 1. The quantitative estimate of drug-likeness (QED) is 0.606. The van der Waals surface area contributed by atoms with E-state index in [0.29, 0.717) is 6.04 Å². The molecule has 0 bridgehead atoms. The van der Waals surface area contributed by atoms with Crippen molar-refractivity contribution in [3.63, 3.8) is 0 Å². The largest absolute Gasteiger partial charge is 0.341 e. The van der Waals surface area contributed by atoms with Crippen LogP contribution in [0, 0.1) is 11.8 Å². The highest BCUT2D eigenvalue weighted by molar-refractivity contribution is 7.99. The van der Waals surface area contributed by atoms with Crippen molar-refractivity contribution in [3.8, 4) is 0 Å². The van der Waals surface area contributed by atoms with E-state index in [1.54, 1.807) is 0 Å². The molecule has 7 heteroatoms. The smallest absolute Gasteiger partial charge is 0.239 e. The van der Waals surface area contributed by atoms with Crippen molar-refractivity contribution in [2.24, 2.45) is 17.6 Å². The Hall–Kier alpha value is -1.73. The number of anilines is 2. The molecule has 28 heavy (non-hydrogen) atoms. The molecule has 4 N–H and O–H groups in total. The van der Waals surface area contributed by atoms with Crippen LogP contribution in [0.2, 0.25) is 0 Å². The van der Waals surface area contributed by atoms with Crippen LogP contribution in [-0.2, 0) is 9.59 Å². The van der Waals surface area contributed by atoms with Crippen molar-refractivity contribution in [1.29, 1.82) is 0 Å². The normalized spacial score (nSPS) is 23.4. The predicted molar refractivity (Wildman–Crippen MR) is 116 cm³/mol. The van der Waals surface area contributed by atoms with Gasteiger partial charge in [-0.1, -0.05) is 11.9 Å². The molecule has 0 spiro atoms. The van der Waals surface area contributed by atoms with Crippen LogP contribution in [0.1, 0.15) is 44.9 Å². The standard InChI is InChI=1S/C21H32N4O2S/c1-25(18-4-3-5-18)21(27)19(22)14-6-8-15(9-7-14)20(26)23-16-10-12-17(13-11-16)24-28-2/h10-15,18-19,24H,3-9,22H2,1-2H3,(H,23,26)/t14?,15?,19-/m0/s1. The molecule has 154 valence electrons. The van der Waals surface area contributed by atoms with Crippen LogP contribution in [0.4, 0.5) is 11.4 Å². The lowest BCUT2D eigenvalue weighted by Gasteiger charge is -2.38. The Labute approximate surface area is 172 Å². The van der Waals surface area contributed by atoms with E-state index in [-0.39, 0.29) is 23.7 Å². The first-order chi connectivity index (χ1) is 13.5. The SMILES string of the molecule is CSNc1ccc(NC(=O)C2CCC([C@H](N)C(=O)N(C)C3CCC3)CC2)cc1. The van der Waals surface area contributed by atoms with Crippen LogP contribution in [0.5, 0.6) is 0 Å². The number of hydrogen-bond acceptors (Lipinski definition) is 5. The Morgan fingerprint density at radius 3 is 2.21 bits per heavy atom. The summed E-state index contributed by atoms with van der Waals surface area (Å²) in [5.41, 5.74) is 8.12. The number of nitrogens with one attached hydrogen (secondary N) is 2. The molecular formula is C21H32N4O2S. The van der Waals surface area contributed by atoms with E-state index < -0.39 is 6.04 Å². The molecule has 2 aliphatic carbocycles. The third kappa shape index (κ3) is 5.00. The third-order valence-electron chi connectivity index (χ3n) is 6.28. The summed E-state index contributed by atoms with van der Waals surface area (Å²) in [6, 6.07) is 7.66. The zero-order valence-corrected chi connectivity index (χ0v) is 17.6. The van der Waals surface area contributed by atoms with Crippen LogP contribution in [-0.4, -0.2) is 42.1 Å². The van der Waals surface area contributed by atoms with E-state index in [0.717, 1.165) is 49.9 Å². The van der Waals surface area contributed by atoms with E-state index in [2.05, 4.69) is 10.0 Å². The number of likely N-dealkylation sites (N-methyl/N-ethyl adjacent to an activating group) is 1. The number of rotatable bonds is 7. The van der Waals surface area contributed by atoms with Crippen molar-refractivity contribution in [3.05, 3.63) is 24.3 Å². The summed E-state index contributed by atoms with van der Waals surface area (Å²) in [6.45, 7) is 0. The Balaban J connectivity index is 1.46. The average Bonchev–Trinajstić information content (AvgIpc) is 2.67. The van der Waals surface area contributed by atoms with Gasteiger partial charge in [0.15, 0.2) is 0 Å². The number of nitrogens with two attached hydrogens (primary N) is 1. The molecule has 2 amide bonds. The van der Waals surface area contributed by atoms with Gasteiger partial charge in [-0.25, -0.2) is 0 Å². The van der Waals surface area contributed by atoms with Crippen molar-refractivity contribution >= 4 is 35.1 Å². The first-order valence-electron chi connectivity index (χ1n) is 10.2. The summed E-state index contributed by atoms with van der Waals surface area (Å²) >= 11 is 1.53. The summed E-state index contributed by atoms with van der Waals surface area (Å²) in [5.74, 6) is 0.301. The molecule has 0 aliphatic heterocycles. The van der Waals surface area contributed by atoms with Gasteiger partial charge in [0.25, 0.3) is 0 Å². The average molecular weight is 405 g/mol. The van der Waals surface area contributed by atoms with E-state index in [4.69, 9.17) is 5.73 Å². The van der Waals surface area contributed by atoms with Gasteiger partial charge in [0.2, 0.25) is 11.8 Å². The van der Waals surface area contributed by atoms with Crippen molar-refractivity contribution in [2.45, 2.75) is 57.0 Å². The zero-order chi connectivity index (χ0) is 20.1. The molecular weight excluding hydrogens is 372 g/mol. The minimum atomic E-state index is -0.439. The highest BCUT2D eigenvalue weighted by Crippen LogP contribution is 2.33. The van der Waals surface area contributed by atoms with E-state index in [1.165, 1.54) is 18.4 Å². The van der Waals surface area contributed by atoms with E-state index in [9.17, 15) is 9.59 Å². The van der Waals surface area contributed by atoms with Crippen molar-refractivity contribution in [1.82, 2.24) is 4.90 Å². The van der Waals surface area contributed by atoms with Gasteiger partial charge in [-0.2, -0.15) is 0 Å². The number of amides is 2. The van der Waals surface area contributed by atoms with Gasteiger partial charge in [-0.15, -0.1) is 0 Å². The second-order valence-corrected chi connectivity index (χ2v) is 8.66. The summed E-state index contributed by atoms with van der Waals surface area (Å²) in [4.78, 5) is 27.1. The Kier molecular flexibility index (Phi) is 7.24. The lowest BCUT2D eigenvalue weighted by Crippen LogP contribution is -2.52. The number of nitrogens with zero attached hydrogens (tertiary/aromatic N) is 1. The second-order valence-electron chi connectivity index (χ2n) is 8.04. The fourth-order valence-corrected chi connectivity index (χ4v) is 4.49. The van der Waals surface area contributed by atoms with Gasteiger partial charge >= 0.3 is 0 Å². The zero-order valence-electron chi connectivity index (χ0n) is 16.8. The van der Waals surface area contributed by atoms with Crippen LogP contribution in [0.3, 0.4) is 0 Å². The molecule has 3 rings (SSSR count). The molecule has 0 saturated heterocycles. The van der Waals surface area contributed by atoms with Gasteiger partial charge < -0.3 is 20.7 Å². The topological polar surface area (TPSA) is 87.5 Å². The molecule has 2 saturated carbocycles. The third-order valence-corrected chi connectivity index (χ3v) is 6.72. The molecule has 2 aliphatic rings. The molecule has 1 aromatic carbocycles. The minimum Gasteiger partial charge on any atom is -0.341 e. The van der Waals surface area contributed by atoms with Gasteiger partial charge in [0.1, 0.15) is 0 Å². The van der Waals surface area contributed by atoms with Crippen LogP contribution < -0.4 is 15.8 Å². The van der Waals surface area contributed by atoms with Gasteiger partial charge in [0, 0.05) is 36.6 Å². The molecule has 0 unspecified atom stereocenters. The maximum atomic E-state index is 12.6. The fraction of sp³-hybridized carbons (Fsp3) is 0.619. The Bertz CT molecular complexity index is 669. The molecule has 0 heterocycles. The van der Waals surface area contributed by atoms with Crippen molar-refractivity contribution in [2.75, 3.05) is 23.3 Å². The highest BCUT2D eigenvalue weighted by Gasteiger charge is 2.35. The maximum absolute atomic E-state index is 12.6. The van der Waals surface area contributed by atoms with Crippen LogP contribution in [0.25, 0.3) is 0 Å². The highest BCUT2D eigenvalue weighted by atomic mass is 32.2. The summed E-state index contributed by atoms with van der Waals surface area (Å²) < 4.78 is 3.16. The maximum Gasteiger partial charge on any atom is 0.239 e. The fourth-order valence-electron chi connectivity index (χ4n) is 4.11. The van der Waals surface area contributed by atoms with Crippen molar-refractivity contribution < 1.29 is 9.59 Å². The monoisotopic (exact) mass is 404 g/mol. The van der Waals surface area contributed by atoms with Crippen LogP contribution >= 0.6 is 11.9 Å². The lowest BCUT2D eigenvalue weighted by molar-refractivity contribution is -0.136. The summed E-state index contributed by atoms with van der Waals surface area (Å²) in [5, 5.41) is 3.02. The number of carbonyl (C=O) groups excluding carboxylic acids is 2. The van der Waals surface area contributed by atoms with E-state index >= 15 is 0 Å². The first-order valence-corrected chi connectivity index (χ1v) is 11.4. The van der Waals surface area contributed by atoms with Gasteiger partial charge in [-0.05, 0) is 75.1 Å². The predicted octanol–water partition coefficient (Wildman–Crippen LogP) is 3.46. The molecule has 0 radical (unpaired) electrons. The lowest BCUT2D eigenvalue weighted by atomic mass is 9.77. The second kappa shape index (κ2) is 9.65. The summed E-state index contributed by atoms with van der Waals surface area (Å²) in [7, 11) is 1.88.